The van der Waals surface area contributed by atoms with Crippen molar-refractivity contribution in [1.82, 2.24) is 9.78 Å². The summed E-state index contributed by atoms with van der Waals surface area (Å²) in [5, 5.41) is 4.33. The van der Waals surface area contributed by atoms with Crippen LogP contribution in [-0.2, 0) is 19.9 Å². The molecule has 1 aliphatic heterocycles. The fraction of sp³-hybridized carbons (Fsp3) is 0.471. The van der Waals surface area contributed by atoms with Gasteiger partial charge in [-0.1, -0.05) is 6.07 Å². The molecule has 3 rings (SSSR count). The van der Waals surface area contributed by atoms with Gasteiger partial charge in [-0.25, -0.2) is 16.8 Å². The molecule has 1 aromatic heterocycles. The topological polar surface area (TPSA) is 98.1 Å². The van der Waals surface area contributed by atoms with Crippen molar-refractivity contribution in [2.45, 2.75) is 45.1 Å². The average molecular weight is 398 g/mol. The molecule has 9 heteroatoms. The molecular formula is C17H23N3O4S2. The van der Waals surface area contributed by atoms with Crippen molar-refractivity contribution in [2.75, 3.05) is 16.2 Å². The average Bonchev–Trinajstić information content (AvgIpc) is 3.02. The van der Waals surface area contributed by atoms with Gasteiger partial charge >= 0.3 is 0 Å². The van der Waals surface area contributed by atoms with Crippen LogP contribution in [0.1, 0.15) is 35.0 Å². The number of sulfonamides is 1. The Labute approximate surface area is 154 Å². The second-order valence-corrected chi connectivity index (χ2v) is 10.8. The number of hydrogen-bond donors (Lipinski definition) is 1. The van der Waals surface area contributed by atoms with E-state index in [0.29, 0.717) is 23.5 Å². The predicted octanol–water partition coefficient (Wildman–Crippen LogP) is 2.28. The Hall–Kier alpha value is -1.87. The Kier molecular flexibility index (Phi) is 4.64. The first-order valence-corrected chi connectivity index (χ1v) is 11.7. The maximum absolute atomic E-state index is 12.9. The molecule has 7 nitrogen and oxygen atoms in total. The van der Waals surface area contributed by atoms with Gasteiger partial charge in [0.25, 0.3) is 10.0 Å². The number of hydrogen-bond acceptors (Lipinski definition) is 5. The Bertz CT molecular complexity index is 1070. The zero-order valence-corrected chi connectivity index (χ0v) is 16.9. The van der Waals surface area contributed by atoms with E-state index in [1.807, 2.05) is 19.9 Å². The number of sulfone groups is 1. The lowest BCUT2D eigenvalue weighted by Gasteiger charge is -2.13. The second-order valence-electron chi connectivity index (χ2n) is 6.91. The summed E-state index contributed by atoms with van der Waals surface area (Å²) in [6, 6.07) is 5.05. The zero-order valence-electron chi connectivity index (χ0n) is 15.3. The first-order valence-electron chi connectivity index (χ1n) is 8.36. The summed E-state index contributed by atoms with van der Waals surface area (Å²) < 4.78 is 53.5. The fourth-order valence-electron chi connectivity index (χ4n) is 3.37. The summed E-state index contributed by atoms with van der Waals surface area (Å²) >= 11 is 0. The predicted molar refractivity (Wildman–Crippen MR) is 101 cm³/mol. The fourth-order valence-corrected chi connectivity index (χ4v) is 6.52. The van der Waals surface area contributed by atoms with E-state index < -0.39 is 19.9 Å². The van der Waals surface area contributed by atoms with Crippen molar-refractivity contribution < 1.29 is 16.8 Å². The van der Waals surface area contributed by atoms with Gasteiger partial charge in [0.15, 0.2) is 9.84 Å². The molecule has 0 aliphatic carbocycles. The minimum atomic E-state index is -3.82. The summed E-state index contributed by atoms with van der Waals surface area (Å²) in [6.45, 7) is 7.17. The van der Waals surface area contributed by atoms with Crippen LogP contribution in [0.15, 0.2) is 23.1 Å². The van der Waals surface area contributed by atoms with Crippen LogP contribution in [0.25, 0.3) is 0 Å². The third-order valence-corrected chi connectivity index (χ3v) is 8.22. The van der Waals surface area contributed by atoms with Gasteiger partial charge in [0.05, 0.1) is 28.9 Å². The summed E-state index contributed by atoms with van der Waals surface area (Å²) in [5.41, 5.74) is 3.38. The van der Waals surface area contributed by atoms with E-state index in [-0.39, 0.29) is 22.4 Å². The van der Waals surface area contributed by atoms with Crippen molar-refractivity contribution in [2.24, 2.45) is 0 Å². The largest absolute Gasteiger partial charge is 0.280 e. The monoisotopic (exact) mass is 397 g/mol. The molecule has 1 atom stereocenters. The number of nitrogens with zero attached hydrogens (tertiary/aromatic N) is 2. The first-order chi connectivity index (χ1) is 12.0. The van der Waals surface area contributed by atoms with Crippen molar-refractivity contribution in [1.29, 1.82) is 0 Å². The standard InChI is InChI=1S/C17H23N3O4S2/c1-11-5-6-15(9-12(11)2)19-26(23,24)17-13(3)18-20(14(17)4)16-7-8-25(21,22)10-16/h5-6,9,16,19H,7-8,10H2,1-4H3. The summed E-state index contributed by atoms with van der Waals surface area (Å²) in [4.78, 5) is 0.111. The lowest BCUT2D eigenvalue weighted by molar-refractivity contribution is 0.484. The molecule has 1 saturated heterocycles. The van der Waals surface area contributed by atoms with Crippen molar-refractivity contribution in [3.8, 4) is 0 Å². The number of rotatable bonds is 4. The molecule has 0 bridgehead atoms. The van der Waals surface area contributed by atoms with Crippen LogP contribution in [0, 0.1) is 27.7 Å². The quantitative estimate of drug-likeness (QED) is 0.853. The Morgan fingerprint density at radius 3 is 2.42 bits per heavy atom. The molecule has 1 fully saturated rings. The minimum Gasteiger partial charge on any atom is -0.280 e. The van der Waals surface area contributed by atoms with E-state index in [4.69, 9.17) is 0 Å². The zero-order chi connectivity index (χ0) is 19.3. The molecule has 1 aliphatic rings. The van der Waals surface area contributed by atoms with Crippen LogP contribution in [0.5, 0.6) is 0 Å². The van der Waals surface area contributed by atoms with Crippen molar-refractivity contribution in [3.05, 3.63) is 40.7 Å². The van der Waals surface area contributed by atoms with Gasteiger partial charge in [0, 0.05) is 5.69 Å². The number of aromatic nitrogens is 2. The van der Waals surface area contributed by atoms with Crippen LogP contribution in [0.3, 0.4) is 0 Å². The van der Waals surface area contributed by atoms with Crippen LogP contribution >= 0.6 is 0 Å². The Morgan fingerprint density at radius 2 is 1.85 bits per heavy atom. The van der Waals surface area contributed by atoms with Gasteiger partial charge in [-0.2, -0.15) is 5.10 Å². The van der Waals surface area contributed by atoms with Gasteiger partial charge in [0.2, 0.25) is 0 Å². The third kappa shape index (κ3) is 3.50. The lowest BCUT2D eigenvalue weighted by Crippen LogP contribution is -2.17. The van der Waals surface area contributed by atoms with E-state index in [2.05, 4.69) is 9.82 Å². The lowest BCUT2D eigenvalue weighted by atomic mass is 10.1. The van der Waals surface area contributed by atoms with Crippen LogP contribution in [0.2, 0.25) is 0 Å². The maximum atomic E-state index is 12.9. The van der Waals surface area contributed by atoms with Gasteiger partial charge in [-0.05, 0) is 57.4 Å². The molecule has 1 unspecified atom stereocenters. The smallest absolute Gasteiger partial charge is 0.265 e. The summed E-state index contributed by atoms with van der Waals surface area (Å²) in [7, 11) is -6.91. The highest BCUT2D eigenvalue weighted by molar-refractivity contribution is 7.92. The molecule has 2 heterocycles. The highest BCUT2D eigenvalue weighted by Crippen LogP contribution is 2.30. The molecule has 1 aromatic carbocycles. The van der Waals surface area contributed by atoms with E-state index in [0.717, 1.165) is 11.1 Å². The molecule has 0 amide bonds. The van der Waals surface area contributed by atoms with Crippen LogP contribution in [0.4, 0.5) is 5.69 Å². The maximum Gasteiger partial charge on any atom is 0.265 e. The highest BCUT2D eigenvalue weighted by Gasteiger charge is 2.33. The minimum absolute atomic E-state index is 0.000959. The first kappa shape index (κ1) is 18.9. The van der Waals surface area contributed by atoms with E-state index in [1.165, 1.54) is 0 Å². The molecule has 0 spiro atoms. The highest BCUT2D eigenvalue weighted by atomic mass is 32.2. The SMILES string of the molecule is Cc1ccc(NS(=O)(=O)c2c(C)nn(C3CCS(=O)(=O)C3)c2C)cc1C. The number of benzene rings is 1. The van der Waals surface area contributed by atoms with Gasteiger partial charge in [-0.3, -0.25) is 9.40 Å². The molecule has 0 saturated carbocycles. The number of anilines is 1. The molecular weight excluding hydrogens is 374 g/mol. The van der Waals surface area contributed by atoms with Crippen molar-refractivity contribution >= 4 is 25.5 Å². The number of nitrogens with one attached hydrogen (secondary N) is 1. The molecule has 142 valence electrons. The third-order valence-electron chi connectivity index (χ3n) is 4.84. The van der Waals surface area contributed by atoms with Gasteiger partial charge in [-0.15, -0.1) is 0 Å². The van der Waals surface area contributed by atoms with Gasteiger partial charge in [0.1, 0.15) is 4.90 Å². The van der Waals surface area contributed by atoms with E-state index in [9.17, 15) is 16.8 Å². The molecule has 0 radical (unpaired) electrons. The van der Waals surface area contributed by atoms with Crippen LogP contribution in [-0.4, -0.2) is 38.1 Å². The normalized spacial score (nSPS) is 19.6. The Balaban J connectivity index is 1.96. The van der Waals surface area contributed by atoms with E-state index >= 15 is 0 Å². The summed E-state index contributed by atoms with van der Waals surface area (Å²) in [5.74, 6) is 0.109. The van der Waals surface area contributed by atoms with E-state index in [1.54, 1.807) is 30.7 Å². The number of aryl methyl sites for hydroxylation is 3. The second kappa shape index (κ2) is 6.38. The Morgan fingerprint density at radius 1 is 1.15 bits per heavy atom. The summed E-state index contributed by atoms with van der Waals surface area (Å²) in [6.07, 6.45) is 0.453. The van der Waals surface area contributed by atoms with Crippen molar-refractivity contribution in [3.63, 3.8) is 0 Å². The molecule has 2 aromatic rings. The van der Waals surface area contributed by atoms with Crippen LogP contribution < -0.4 is 4.72 Å². The molecule has 26 heavy (non-hydrogen) atoms. The van der Waals surface area contributed by atoms with Gasteiger partial charge < -0.3 is 0 Å². The molecule has 1 N–H and O–H groups in total.